The van der Waals surface area contributed by atoms with Gasteiger partial charge in [-0.2, -0.15) is 0 Å². The van der Waals surface area contributed by atoms with Crippen molar-refractivity contribution in [1.82, 2.24) is 20.1 Å². The highest BCUT2D eigenvalue weighted by atomic mass is 15.3. The maximum Gasteiger partial charge on any atom is 0.137 e. The van der Waals surface area contributed by atoms with Crippen molar-refractivity contribution >= 4 is 0 Å². The summed E-state index contributed by atoms with van der Waals surface area (Å²) in [7, 11) is 0. The molecular formula is C13H22N4. The van der Waals surface area contributed by atoms with Crippen LogP contribution in [0, 0.1) is 6.92 Å². The van der Waals surface area contributed by atoms with E-state index in [1.165, 1.54) is 44.3 Å². The Kier molecular flexibility index (Phi) is 3.14. The molecule has 0 aromatic carbocycles. The second kappa shape index (κ2) is 4.77. The molecule has 2 aliphatic rings. The highest BCUT2D eigenvalue weighted by Gasteiger charge is 2.27. The molecule has 4 nitrogen and oxygen atoms in total. The van der Waals surface area contributed by atoms with Crippen LogP contribution < -0.4 is 5.32 Å². The van der Waals surface area contributed by atoms with Gasteiger partial charge in [-0.05, 0) is 39.2 Å². The number of hydrogen-bond donors (Lipinski definition) is 1. The van der Waals surface area contributed by atoms with Crippen molar-refractivity contribution < 1.29 is 0 Å². The van der Waals surface area contributed by atoms with Crippen molar-refractivity contribution in [3.63, 3.8) is 0 Å². The van der Waals surface area contributed by atoms with Crippen LogP contribution in [0.3, 0.4) is 0 Å². The van der Waals surface area contributed by atoms with E-state index in [1.54, 1.807) is 0 Å². The lowest BCUT2D eigenvalue weighted by atomic mass is 9.98. The quantitative estimate of drug-likeness (QED) is 0.852. The van der Waals surface area contributed by atoms with Crippen LogP contribution in [0.4, 0.5) is 0 Å². The highest BCUT2D eigenvalue weighted by molar-refractivity contribution is 5.06. The molecule has 1 saturated heterocycles. The molecule has 1 aromatic rings. The Balaban J connectivity index is 1.87. The van der Waals surface area contributed by atoms with Gasteiger partial charge in [0.15, 0.2) is 0 Å². The van der Waals surface area contributed by atoms with Gasteiger partial charge in [-0.15, -0.1) is 10.2 Å². The molecule has 1 N–H and O–H groups in total. The zero-order chi connectivity index (χ0) is 11.7. The maximum absolute atomic E-state index is 4.46. The predicted molar refractivity (Wildman–Crippen MR) is 67.1 cm³/mol. The Hall–Kier alpha value is -0.900. The van der Waals surface area contributed by atoms with Crippen LogP contribution in [0.15, 0.2) is 0 Å². The summed E-state index contributed by atoms with van der Waals surface area (Å²) in [5.74, 6) is 2.92. The van der Waals surface area contributed by atoms with Gasteiger partial charge in [-0.25, -0.2) is 0 Å². The van der Waals surface area contributed by atoms with Gasteiger partial charge in [0.2, 0.25) is 0 Å². The smallest absolute Gasteiger partial charge is 0.137 e. The molecular weight excluding hydrogens is 212 g/mol. The molecule has 0 radical (unpaired) electrons. The largest absolute Gasteiger partial charge is 0.316 e. The van der Waals surface area contributed by atoms with E-state index in [0.29, 0.717) is 12.0 Å². The first-order valence-corrected chi connectivity index (χ1v) is 6.98. The molecule has 94 valence electrons. The first-order chi connectivity index (χ1) is 8.36. The van der Waals surface area contributed by atoms with Crippen LogP contribution in [0.25, 0.3) is 0 Å². The summed E-state index contributed by atoms with van der Waals surface area (Å²) >= 11 is 0. The molecule has 1 aliphatic carbocycles. The highest BCUT2D eigenvalue weighted by Crippen LogP contribution is 2.33. The van der Waals surface area contributed by atoms with Crippen molar-refractivity contribution in [3.8, 4) is 0 Å². The standard InChI is InChI=1S/C13H22N4/c1-10-15-16-13(11-5-4-8-14-9-11)17(10)12-6-2-3-7-12/h11-12,14H,2-9H2,1H3/t11-/m1/s1. The van der Waals surface area contributed by atoms with Crippen molar-refractivity contribution in [2.24, 2.45) is 0 Å². The second-order valence-electron chi connectivity index (χ2n) is 5.46. The summed E-state index contributed by atoms with van der Waals surface area (Å²) in [4.78, 5) is 0. The zero-order valence-electron chi connectivity index (χ0n) is 10.7. The fourth-order valence-electron chi connectivity index (χ4n) is 3.35. The fourth-order valence-corrected chi connectivity index (χ4v) is 3.35. The molecule has 2 fully saturated rings. The minimum Gasteiger partial charge on any atom is -0.316 e. The Bertz CT molecular complexity index is 373. The van der Waals surface area contributed by atoms with Crippen LogP contribution in [-0.4, -0.2) is 27.9 Å². The van der Waals surface area contributed by atoms with E-state index in [0.717, 1.165) is 18.9 Å². The average molecular weight is 234 g/mol. The molecule has 1 aliphatic heterocycles. The summed E-state index contributed by atoms with van der Waals surface area (Å²) < 4.78 is 2.44. The summed E-state index contributed by atoms with van der Waals surface area (Å²) in [5.41, 5.74) is 0. The van der Waals surface area contributed by atoms with Gasteiger partial charge < -0.3 is 9.88 Å². The lowest BCUT2D eigenvalue weighted by Crippen LogP contribution is -2.30. The molecule has 1 aromatic heterocycles. The van der Waals surface area contributed by atoms with E-state index in [4.69, 9.17) is 0 Å². The summed E-state index contributed by atoms with van der Waals surface area (Å²) in [5, 5.41) is 12.3. The first kappa shape index (κ1) is 11.2. The zero-order valence-corrected chi connectivity index (χ0v) is 10.7. The van der Waals surface area contributed by atoms with Gasteiger partial charge in [-0.1, -0.05) is 12.8 Å². The monoisotopic (exact) mass is 234 g/mol. The number of hydrogen-bond acceptors (Lipinski definition) is 3. The van der Waals surface area contributed by atoms with Crippen molar-refractivity contribution in [1.29, 1.82) is 0 Å². The Morgan fingerprint density at radius 2 is 1.94 bits per heavy atom. The lowest BCUT2D eigenvalue weighted by molar-refractivity contribution is 0.406. The average Bonchev–Trinajstić information content (AvgIpc) is 2.99. The minimum absolute atomic E-state index is 0.575. The van der Waals surface area contributed by atoms with Gasteiger partial charge in [0.1, 0.15) is 11.6 Å². The predicted octanol–water partition coefficient (Wildman–Crippen LogP) is 2.17. The van der Waals surface area contributed by atoms with E-state index in [2.05, 4.69) is 27.0 Å². The van der Waals surface area contributed by atoms with Crippen LogP contribution >= 0.6 is 0 Å². The molecule has 2 heterocycles. The number of piperidine rings is 1. The van der Waals surface area contributed by atoms with Gasteiger partial charge in [0, 0.05) is 18.5 Å². The number of rotatable bonds is 2. The number of nitrogens with zero attached hydrogens (tertiary/aromatic N) is 3. The molecule has 17 heavy (non-hydrogen) atoms. The van der Waals surface area contributed by atoms with Crippen LogP contribution in [0.5, 0.6) is 0 Å². The van der Waals surface area contributed by atoms with E-state index < -0.39 is 0 Å². The molecule has 0 unspecified atom stereocenters. The maximum atomic E-state index is 4.46. The Morgan fingerprint density at radius 3 is 2.65 bits per heavy atom. The normalized spacial score (nSPS) is 26.5. The lowest BCUT2D eigenvalue weighted by Gasteiger charge is -2.25. The molecule has 0 bridgehead atoms. The van der Waals surface area contributed by atoms with E-state index in [1.807, 2.05) is 0 Å². The summed E-state index contributed by atoms with van der Waals surface area (Å²) in [6.07, 6.45) is 7.88. The Morgan fingerprint density at radius 1 is 1.12 bits per heavy atom. The fraction of sp³-hybridized carbons (Fsp3) is 0.846. The summed E-state index contributed by atoms with van der Waals surface area (Å²) in [6, 6.07) is 0.668. The van der Waals surface area contributed by atoms with Gasteiger partial charge in [-0.3, -0.25) is 0 Å². The molecule has 1 saturated carbocycles. The third kappa shape index (κ3) is 2.10. The number of aryl methyl sites for hydroxylation is 1. The SMILES string of the molecule is Cc1nnc([C@@H]2CCCNC2)n1C1CCCC1. The number of aromatic nitrogens is 3. The molecule has 3 rings (SSSR count). The molecule has 4 heteroatoms. The molecule has 0 spiro atoms. The van der Waals surface area contributed by atoms with Crippen molar-refractivity contribution in [2.45, 2.75) is 57.4 Å². The topological polar surface area (TPSA) is 42.7 Å². The van der Waals surface area contributed by atoms with Gasteiger partial charge in [0.25, 0.3) is 0 Å². The van der Waals surface area contributed by atoms with Crippen molar-refractivity contribution in [3.05, 3.63) is 11.6 Å². The third-order valence-electron chi connectivity index (χ3n) is 4.24. The van der Waals surface area contributed by atoms with Crippen LogP contribution in [0.1, 0.15) is 62.1 Å². The van der Waals surface area contributed by atoms with E-state index in [9.17, 15) is 0 Å². The molecule has 1 atom stereocenters. The number of nitrogens with one attached hydrogen (secondary N) is 1. The van der Waals surface area contributed by atoms with Crippen molar-refractivity contribution in [2.75, 3.05) is 13.1 Å². The van der Waals surface area contributed by atoms with E-state index >= 15 is 0 Å². The molecule has 0 amide bonds. The van der Waals surface area contributed by atoms with Gasteiger partial charge in [0.05, 0.1) is 0 Å². The van der Waals surface area contributed by atoms with E-state index in [-0.39, 0.29) is 0 Å². The van der Waals surface area contributed by atoms with Gasteiger partial charge >= 0.3 is 0 Å². The first-order valence-electron chi connectivity index (χ1n) is 6.98. The van der Waals surface area contributed by atoms with Crippen LogP contribution in [0.2, 0.25) is 0 Å². The summed E-state index contributed by atoms with van der Waals surface area (Å²) in [6.45, 7) is 4.34. The minimum atomic E-state index is 0.575. The third-order valence-corrected chi connectivity index (χ3v) is 4.24. The Labute approximate surface area is 103 Å². The van der Waals surface area contributed by atoms with Crippen LogP contribution in [-0.2, 0) is 0 Å². The second-order valence-corrected chi connectivity index (χ2v) is 5.46.